The van der Waals surface area contributed by atoms with Gasteiger partial charge in [-0.1, -0.05) is 53.0 Å². The topological polar surface area (TPSA) is 57.7 Å². The molecule has 0 N–H and O–H groups in total. The van der Waals surface area contributed by atoms with E-state index in [0.29, 0.717) is 37.4 Å². The number of carbonyl (C=O) groups is 1. The van der Waals surface area contributed by atoms with Gasteiger partial charge in [0.2, 0.25) is 15.9 Å². The van der Waals surface area contributed by atoms with E-state index in [2.05, 4.69) is 15.9 Å². The fourth-order valence-corrected chi connectivity index (χ4v) is 5.43. The van der Waals surface area contributed by atoms with Gasteiger partial charge in [-0.05, 0) is 54.7 Å². The van der Waals surface area contributed by atoms with Gasteiger partial charge in [-0.3, -0.25) is 4.79 Å². The van der Waals surface area contributed by atoms with E-state index in [0.717, 1.165) is 41.3 Å². The zero-order valence-electron chi connectivity index (χ0n) is 17.4. The molecule has 7 heteroatoms. The quantitative estimate of drug-likeness (QED) is 0.567. The number of sulfonamides is 1. The summed E-state index contributed by atoms with van der Waals surface area (Å²) < 4.78 is 28.3. The van der Waals surface area contributed by atoms with E-state index in [-0.39, 0.29) is 5.91 Å². The Balaban J connectivity index is 1.54. The number of halogens is 1. The highest BCUT2D eigenvalue weighted by atomic mass is 79.9. The number of nitrogens with zero attached hydrogens (tertiary/aromatic N) is 2. The maximum Gasteiger partial charge on any atom is 0.243 e. The van der Waals surface area contributed by atoms with Crippen molar-refractivity contribution in [2.45, 2.75) is 50.0 Å². The summed E-state index contributed by atoms with van der Waals surface area (Å²) in [4.78, 5) is 14.5. The Morgan fingerprint density at radius 3 is 2.10 bits per heavy atom. The number of aryl methyl sites for hydroxylation is 1. The molecule has 30 heavy (non-hydrogen) atoms. The summed E-state index contributed by atoms with van der Waals surface area (Å²) in [6.07, 6.45) is 5.02. The number of rotatable bonds is 7. The molecular weight excluding hydrogens is 464 g/mol. The highest BCUT2D eigenvalue weighted by Gasteiger charge is 2.24. The van der Waals surface area contributed by atoms with Crippen molar-refractivity contribution in [1.82, 2.24) is 9.21 Å². The Morgan fingerprint density at radius 2 is 1.50 bits per heavy atom. The zero-order valence-corrected chi connectivity index (χ0v) is 19.8. The average Bonchev–Trinajstić information content (AvgIpc) is 3.04. The van der Waals surface area contributed by atoms with Crippen LogP contribution in [0.1, 0.15) is 43.2 Å². The molecule has 1 aliphatic heterocycles. The summed E-state index contributed by atoms with van der Waals surface area (Å²) in [5, 5.41) is 0. The summed E-state index contributed by atoms with van der Waals surface area (Å²) in [6.45, 7) is 1.77. The second kappa shape index (κ2) is 10.6. The molecule has 0 aromatic heterocycles. The third-order valence-electron chi connectivity index (χ3n) is 5.51. The first-order chi connectivity index (χ1) is 14.4. The molecule has 0 unspecified atom stereocenters. The second-order valence-electron chi connectivity index (χ2n) is 7.84. The molecule has 0 spiro atoms. The molecular formula is C23H29BrN2O3S. The summed E-state index contributed by atoms with van der Waals surface area (Å²) in [7, 11) is -1.62. The molecule has 0 saturated carbocycles. The molecule has 1 saturated heterocycles. The van der Waals surface area contributed by atoms with Crippen molar-refractivity contribution in [1.29, 1.82) is 0 Å². The average molecular weight is 493 g/mol. The van der Waals surface area contributed by atoms with E-state index < -0.39 is 10.0 Å². The zero-order chi connectivity index (χ0) is 21.6. The number of hydrogen-bond acceptors (Lipinski definition) is 3. The van der Waals surface area contributed by atoms with Crippen LogP contribution in [0.15, 0.2) is 57.9 Å². The van der Waals surface area contributed by atoms with Crippen LogP contribution in [0.3, 0.4) is 0 Å². The van der Waals surface area contributed by atoms with Crippen molar-refractivity contribution in [3.8, 4) is 0 Å². The predicted molar refractivity (Wildman–Crippen MR) is 123 cm³/mol. The van der Waals surface area contributed by atoms with E-state index in [1.54, 1.807) is 28.4 Å². The third kappa shape index (κ3) is 6.15. The lowest BCUT2D eigenvalue weighted by Gasteiger charge is -2.20. The van der Waals surface area contributed by atoms with Crippen molar-refractivity contribution < 1.29 is 13.2 Å². The Hall–Kier alpha value is -1.70. The van der Waals surface area contributed by atoms with Gasteiger partial charge in [-0.25, -0.2) is 8.42 Å². The Kier molecular flexibility index (Phi) is 8.08. The monoisotopic (exact) mass is 492 g/mol. The van der Waals surface area contributed by atoms with Gasteiger partial charge in [0.15, 0.2) is 0 Å². The SMILES string of the molecule is CN(Cc1ccc(Br)cc1)C(=O)CCc1ccc(S(=O)(=O)N2CCCCCC2)cc1. The van der Waals surface area contributed by atoms with Gasteiger partial charge < -0.3 is 4.90 Å². The van der Waals surface area contributed by atoms with Gasteiger partial charge >= 0.3 is 0 Å². The summed E-state index contributed by atoms with van der Waals surface area (Å²) in [6, 6.07) is 14.9. The first-order valence-corrected chi connectivity index (χ1v) is 12.7. The van der Waals surface area contributed by atoms with Crippen LogP contribution in [0, 0.1) is 0 Å². The minimum atomic E-state index is -3.43. The maximum absolute atomic E-state index is 12.9. The number of carbonyl (C=O) groups excluding carboxylic acids is 1. The summed E-state index contributed by atoms with van der Waals surface area (Å²) in [5.41, 5.74) is 2.05. The van der Waals surface area contributed by atoms with E-state index in [1.807, 2.05) is 36.4 Å². The minimum Gasteiger partial charge on any atom is -0.341 e. The van der Waals surface area contributed by atoms with Crippen LogP contribution in [-0.2, 0) is 27.8 Å². The van der Waals surface area contributed by atoms with Crippen molar-refractivity contribution in [2.24, 2.45) is 0 Å². The lowest BCUT2D eigenvalue weighted by Crippen LogP contribution is -2.31. The molecule has 3 rings (SSSR count). The lowest BCUT2D eigenvalue weighted by atomic mass is 10.1. The molecule has 1 fully saturated rings. The highest BCUT2D eigenvalue weighted by molar-refractivity contribution is 9.10. The van der Waals surface area contributed by atoms with Crippen molar-refractivity contribution in [3.63, 3.8) is 0 Å². The molecule has 0 radical (unpaired) electrons. The Bertz CT molecular complexity index is 935. The van der Waals surface area contributed by atoms with Gasteiger partial charge in [-0.15, -0.1) is 0 Å². The van der Waals surface area contributed by atoms with Gasteiger partial charge in [0.25, 0.3) is 0 Å². The molecule has 5 nitrogen and oxygen atoms in total. The fourth-order valence-electron chi connectivity index (χ4n) is 3.65. The standard InChI is InChI=1S/C23H29BrN2O3S/c1-25(18-20-6-11-21(24)12-7-20)23(27)15-10-19-8-13-22(14-9-19)30(28,29)26-16-4-2-3-5-17-26/h6-9,11-14H,2-5,10,15-18H2,1H3. The molecule has 1 amide bonds. The smallest absolute Gasteiger partial charge is 0.243 e. The van der Waals surface area contributed by atoms with Crippen molar-refractivity contribution in [3.05, 3.63) is 64.1 Å². The van der Waals surface area contributed by atoms with Crippen molar-refractivity contribution >= 4 is 31.9 Å². The van der Waals surface area contributed by atoms with Gasteiger partial charge in [-0.2, -0.15) is 4.31 Å². The molecule has 0 aliphatic carbocycles. The normalized spacial score (nSPS) is 15.5. The van der Waals surface area contributed by atoms with Gasteiger partial charge in [0, 0.05) is 37.6 Å². The first-order valence-electron chi connectivity index (χ1n) is 10.4. The fraction of sp³-hybridized carbons (Fsp3) is 0.435. The maximum atomic E-state index is 12.9. The molecule has 0 bridgehead atoms. The third-order valence-corrected chi connectivity index (χ3v) is 7.95. The Morgan fingerprint density at radius 1 is 0.933 bits per heavy atom. The van der Waals surface area contributed by atoms with E-state index in [9.17, 15) is 13.2 Å². The lowest BCUT2D eigenvalue weighted by molar-refractivity contribution is -0.130. The second-order valence-corrected chi connectivity index (χ2v) is 10.7. The van der Waals surface area contributed by atoms with Gasteiger partial charge in [0.1, 0.15) is 0 Å². The molecule has 162 valence electrons. The number of benzene rings is 2. The highest BCUT2D eigenvalue weighted by Crippen LogP contribution is 2.21. The molecule has 0 atom stereocenters. The largest absolute Gasteiger partial charge is 0.341 e. The molecule has 2 aromatic rings. The summed E-state index contributed by atoms with van der Waals surface area (Å²) >= 11 is 3.41. The van der Waals surface area contributed by atoms with Crippen molar-refractivity contribution in [2.75, 3.05) is 20.1 Å². The van der Waals surface area contributed by atoms with Crippen LogP contribution in [-0.4, -0.2) is 43.7 Å². The van der Waals surface area contributed by atoms with Gasteiger partial charge in [0.05, 0.1) is 4.90 Å². The van der Waals surface area contributed by atoms with E-state index >= 15 is 0 Å². The van der Waals surface area contributed by atoms with Crippen LogP contribution in [0.25, 0.3) is 0 Å². The van der Waals surface area contributed by atoms with Crippen LogP contribution >= 0.6 is 15.9 Å². The predicted octanol–water partition coefficient (Wildman–Crippen LogP) is 4.61. The first kappa shape index (κ1) is 23.0. The van der Waals surface area contributed by atoms with E-state index in [4.69, 9.17) is 0 Å². The van der Waals surface area contributed by atoms with Crippen LogP contribution in [0.4, 0.5) is 0 Å². The summed E-state index contributed by atoms with van der Waals surface area (Å²) in [5.74, 6) is 0.0687. The molecule has 2 aromatic carbocycles. The minimum absolute atomic E-state index is 0.0687. The molecule has 1 aliphatic rings. The van der Waals surface area contributed by atoms with Crippen LogP contribution in [0.5, 0.6) is 0 Å². The van der Waals surface area contributed by atoms with Crippen LogP contribution in [0.2, 0.25) is 0 Å². The van der Waals surface area contributed by atoms with Crippen LogP contribution < -0.4 is 0 Å². The van der Waals surface area contributed by atoms with E-state index in [1.165, 1.54) is 0 Å². The molecule has 1 heterocycles. The number of amides is 1. The number of hydrogen-bond donors (Lipinski definition) is 0. The Labute approximate surface area is 188 Å².